The molecule has 18 nitrogen and oxygen atoms in total. The van der Waals surface area contributed by atoms with E-state index in [4.69, 9.17) is 23.7 Å². The number of ketones is 1. The van der Waals surface area contributed by atoms with Gasteiger partial charge in [0.2, 0.25) is 5.91 Å². The maximum absolute atomic E-state index is 14.1. The first-order chi connectivity index (χ1) is 28.3. The van der Waals surface area contributed by atoms with Crippen LogP contribution in [0, 0.1) is 11.8 Å². The molecule has 2 aromatic heterocycles. The monoisotopic (exact) mass is 923 g/mol. The molecule has 0 aliphatic carbocycles. The number of aryl methyl sites for hydroxylation is 1. The number of likely N-dealkylation sites (N-methyl/N-ethyl adjacent to an activating group) is 1. The normalized spacial score (nSPS) is 32.1. The number of ether oxygens (including phenoxy) is 5. The third-order valence-electron chi connectivity index (χ3n) is 12.7. The number of nitrogens with zero attached hydrogens (tertiary/aromatic N) is 8. The molecule has 374 valence electrons. The number of aliphatic hydroxyl groups is 1. The van der Waals surface area contributed by atoms with Crippen molar-refractivity contribution in [1.29, 1.82) is 0 Å². The molecule has 1 N–H and O–H groups in total. The van der Waals surface area contributed by atoms with E-state index < -0.39 is 71.7 Å². The van der Waals surface area contributed by atoms with E-state index in [1.165, 1.54) is 21.0 Å². The SMILES string of the molecule is C.C.C.C.C.CC[C@H]1OC(=O)[C@H](C)C(=O)C[C@@H](O[C@@H]2OC(C)CC(N(C)C)C2O)[C@@](C)(OC)C[C@@H](C)CN(C(C)=O)[C@H](C)[C@H]2N(CCCCn3cc(-c4cccnn4)nn3)C(=O)O[C@]12C. The van der Waals surface area contributed by atoms with Crippen LogP contribution in [0.4, 0.5) is 4.79 Å². The number of methoxy groups -OCH3 is 1. The van der Waals surface area contributed by atoms with Crippen LogP contribution in [0.25, 0.3) is 11.4 Å². The maximum atomic E-state index is 14.1. The highest BCUT2D eigenvalue weighted by Crippen LogP contribution is 2.41. The van der Waals surface area contributed by atoms with E-state index in [-0.39, 0.29) is 80.5 Å². The summed E-state index contributed by atoms with van der Waals surface area (Å²) in [7, 11) is 5.29. The number of aliphatic hydroxyl groups excluding tert-OH is 1. The lowest BCUT2D eigenvalue weighted by Crippen LogP contribution is -2.62. The predicted octanol–water partition coefficient (Wildman–Crippen LogP) is 6.69. The molecule has 5 heterocycles. The summed E-state index contributed by atoms with van der Waals surface area (Å²) in [5.41, 5.74) is -1.32. The van der Waals surface area contributed by atoms with Crippen LogP contribution in [0.3, 0.4) is 0 Å². The molecule has 65 heavy (non-hydrogen) atoms. The molecule has 0 aromatic carbocycles. The van der Waals surface area contributed by atoms with Gasteiger partial charge in [-0.1, -0.05) is 56.2 Å². The molecular weight excluding hydrogens is 837 g/mol. The lowest BCUT2D eigenvalue weighted by molar-refractivity contribution is -0.289. The first-order valence-corrected chi connectivity index (χ1v) is 21.2. The van der Waals surface area contributed by atoms with E-state index in [0.717, 1.165) is 0 Å². The number of carbonyl (C=O) groups is 4. The Balaban J connectivity index is 0.00000819. The largest absolute Gasteiger partial charge is 0.458 e. The number of fused-ring (bicyclic) bond motifs is 1. The zero-order valence-corrected chi connectivity index (χ0v) is 37.1. The van der Waals surface area contributed by atoms with Gasteiger partial charge >= 0.3 is 12.1 Å². The smallest absolute Gasteiger partial charge is 0.410 e. The summed E-state index contributed by atoms with van der Waals surface area (Å²) in [4.78, 5) is 61.0. The summed E-state index contributed by atoms with van der Waals surface area (Å²) in [5, 5.41) is 27.9. The molecule has 12 atom stereocenters. The number of hydrogen-bond acceptors (Lipinski definition) is 15. The molecule has 0 saturated carbocycles. The number of cyclic esters (lactones) is 1. The molecule has 3 saturated heterocycles. The third kappa shape index (κ3) is 13.7. The first-order valence-electron chi connectivity index (χ1n) is 21.2. The van der Waals surface area contributed by atoms with Crippen LogP contribution in [0.15, 0.2) is 24.5 Å². The molecule has 3 aliphatic rings. The van der Waals surface area contributed by atoms with Crippen molar-refractivity contribution >= 4 is 23.8 Å². The molecule has 0 radical (unpaired) electrons. The van der Waals surface area contributed by atoms with Gasteiger partial charge in [0.25, 0.3) is 0 Å². The number of carbonyl (C=O) groups excluding carboxylic acids is 4. The van der Waals surface area contributed by atoms with Crippen molar-refractivity contribution in [2.24, 2.45) is 11.8 Å². The van der Waals surface area contributed by atoms with Gasteiger partial charge in [-0.05, 0) is 98.9 Å². The van der Waals surface area contributed by atoms with Gasteiger partial charge < -0.3 is 38.6 Å². The lowest BCUT2D eigenvalue weighted by atomic mass is 9.82. The van der Waals surface area contributed by atoms with Crippen molar-refractivity contribution in [3.05, 3.63) is 24.5 Å². The molecular formula is C47H86N8O10. The Hall–Kier alpha value is -4.10. The standard InChI is InChI=1S/C42H66N8O10.5CH4/c1-12-34-42(8)37(49(40(55)60-42)19-14-13-18-48-24-31(45-46-48)30-16-15-17-43-44-30)28(5)50(29(6)51)23-25(2)22-41(7,56-11)35(21-33(52)27(4)38(54)58-34)59-39-36(53)32(47(9)10)20-26(3)57-39;;;;;/h15-17,24-28,32,34-37,39,53H,12-14,18-23H2,1-11H3;5*1H4/t25-,26?,27-,28-,32?,34-,35-,36?,37-,39+,41+,42-;;;;;/m1...../s1. The summed E-state index contributed by atoms with van der Waals surface area (Å²) < 4.78 is 33.0. The summed E-state index contributed by atoms with van der Waals surface area (Å²) in [5.74, 6) is -2.87. The average Bonchev–Trinajstić information content (AvgIpc) is 3.78. The molecule has 2 amide bonds. The minimum Gasteiger partial charge on any atom is -0.458 e. The Morgan fingerprint density at radius 1 is 1.00 bits per heavy atom. The van der Waals surface area contributed by atoms with Crippen LogP contribution in [0.1, 0.15) is 131 Å². The molecule has 5 rings (SSSR count). The van der Waals surface area contributed by atoms with Gasteiger partial charge in [0.05, 0.1) is 36.1 Å². The first kappa shape index (κ1) is 60.9. The second-order valence-corrected chi connectivity index (χ2v) is 17.5. The highest BCUT2D eigenvalue weighted by Gasteiger charge is 2.59. The summed E-state index contributed by atoms with van der Waals surface area (Å²) in [6.45, 7) is 15.2. The van der Waals surface area contributed by atoms with Crippen LogP contribution in [0.2, 0.25) is 0 Å². The number of aromatic nitrogens is 5. The Bertz CT molecular complexity index is 1790. The van der Waals surface area contributed by atoms with Gasteiger partial charge in [-0.2, -0.15) is 5.10 Å². The van der Waals surface area contributed by atoms with Crippen LogP contribution in [-0.4, -0.2) is 163 Å². The summed E-state index contributed by atoms with van der Waals surface area (Å²) >= 11 is 0. The van der Waals surface area contributed by atoms with Crippen LogP contribution in [0.5, 0.6) is 0 Å². The molecule has 0 bridgehead atoms. The number of rotatable bonds is 11. The Morgan fingerprint density at radius 3 is 2.25 bits per heavy atom. The van der Waals surface area contributed by atoms with Gasteiger partial charge in [-0.25, -0.2) is 4.79 Å². The van der Waals surface area contributed by atoms with Crippen molar-refractivity contribution in [3.63, 3.8) is 0 Å². The summed E-state index contributed by atoms with van der Waals surface area (Å²) in [6, 6.07) is 1.99. The minimum absolute atomic E-state index is 0. The topological polar surface area (TPSA) is 201 Å². The Labute approximate surface area is 390 Å². The van der Waals surface area contributed by atoms with E-state index in [9.17, 15) is 24.3 Å². The van der Waals surface area contributed by atoms with Crippen molar-refractivity contribution in [1.82, 2.24) is 39.9 Å². The molecule has 2 aromatic rings. The summed E-state index contributed by atoms with van der Waals surface area (Å²) in [6.07, 6.45) is 0.659. The van der Waals surface area contributed by atoms with Crippen LogP contribution >= 0.6 is 0 Å². The molecule has 18 heteroatoms. The second-order valence-electron chi connectivity index (χ2n) is 17.5. The zero-order valence-electron chi connectivity index (χ0n) is 37.1. The van der Waals surface area contributed by atoms with Crippen molar-refractivity contribution in [2.45, 2.75) is 198 Å². The van der Waals surface area contributed by atoms with E-state index >= 15 is 0 Å². The Kier molecular flexibility index (Phi) is 24.1. The second kappa shape index (κ2) is 25.7. The molecule has 3 unspecified atom stereocenters. The highest BCUT2D eigenvalue weighted by molar-refractivity contribution is 5.99. The maximum Gasteiger partial charge on any atom is 0.410 e. The minimum atomic E-state index is -1.39. The Morgan fingerprint density at radius 2 is 1.66 bits per heavy atom. The number of hydrogen-bond donors (Lipinski definition) is 1. The van der Waals surface area contributed by atoms with E-state index in [2.05, 4.69) is 20.5 Å². The fourth-order valence-corrected chi connectivity index (χ4v) is 9.23. The number of Topliss-reactive ketones (excluding diaryl/α,β-unsaturated/α-hetero) is 1. The fraction of sp³-hybridized carbons (Fsp3) is 0.787. The highest BCUT2D eigenvalue weighted by atomic mass is 16.7. The van der Waals surface area contributed by atoms with Gasteiger partial charge in [0.1, 0.15) is 35.3 Å². The average molecular weight is 923 g/mol. The van der Waals surface area contributed by atoms with Crippen LogP contribution < -0.4 is 0 Å². The number of unbranched alkanes of at least 4 members (excludes halogenated alkanes) is 1. The van der Waals surface area contributed by atoms with Crippen LogP contribution in [-0.2, 0) is 44.6 Å². The van der Waals surface area contributed by atoms with E-state index in [1.807, 2.05) is 53.6 Å². The quantitative estimate of drug-likeness (QED) is 0.142. The van der Waals surface area contributed by atoms with E-state index in [0.29, 0.717) is 50.2 Å². The van der Waals surface area contributed by atoms with Gasteiger partial charge in [-0.15, -0.1) is 10.2 Å². The lowest BCUT2D eigenvalue weighted by Gasteiger charge is -2.46. The van der Waals surface area contributed by atoms with E-state index in [1.54, 1.807) is 45.9 Å². The van der Waals surface area contributed by atoms with Crippen molar-refractivity contribution < 1.29 is 48.0 Å². The van der Waals surface area contributed by atoms with Gasteiger partial charge in [-0.3, -0.25) is 24.0 Å². The molecule has 0 spiro atoms. The predicted molar refractivity (Wildman–Crippen MR) is 252 cm³/mol. The third-order valence-corrected chi connectivity index (χ3v) is 12.7. The molecule has 3 aliphatic heterocycles. The number of esters is 1. The van der Waals surface area contributed by atoms with Crippen molar-refractivity contribution in [3.8, 4) is 11.4 Å². The zero-order chi connectivity index (χ0) is 44.1. The molecule has 3 fully saturated rings. The number of amides is 2. The fourth-order valence-electron chi connectivity index (χ4n) is 9.23. The van der Waals surface area contributed by atoms with Gasteiger partial charge in [0.15, 0.2) is 11.9 Å². The van der Waals surface area contributed by atoms with Crippen molar-refractivity contribution in [2.75, 3.05) is 34.3 Å². The van der Waals surface area contributed by atoms with Gasteiger partial charge in [0, 0.05) is 52.3 Å².